The third-order valence-corrected chi connectivity index (χ3v) is 3.55. The number of halogens is 1. The second kappa shape index (κ2) is 4.12. The summed E-state index contributed by atoms with van der Waals surface area (Å²) < 4.78 is 0. The van der Waals surface area contributed by atoms with E-state index < -0.39 is 11.6 Å². The van der Waals surface area contributed by atoms with Crippen LogP contribution in [-0.4, -0.2) is 11.2 Å². The highest BCUT2D eigenvalue weighted by molar-refractivity contribution is 6.30. The third kappa shape index (κ3) is 2.03. The largest absolute Gasteiger partial charge is 0.391 e. The van der Waals surface area contributed by atoms with Crippen LogP contribution in [0.3, 0.4) is 0 Å². The average molecular weight is 226 g/mol. The molecular formula is C12H16ClNO. The number of benzene rings is 1. The van der Waals surface area contributed by atoms with Gasteiger partial charge in [0.15, 0.2) is 0 Å². The number of aliphatic hydroxyl groups excluding tert-OH is 1. The van der Waals surface area contributed by atoms with Gasteiger partial charge in [0.25, 0.3) is 0 Å². The second-order valence-corrected chi connectivity index (χ2v) is 4.75. The van der Waals surface area contributed by atoms with Crippen LogP contribution in [0.4, 0.5) is 0 Å². The molecule has 3 N–H and O–H groups in total. The van der Waals surface area contributed by atoms with Crippen molar-refractivity contribution in [2.24, 2.45) is 5.73 Å². The lowest BCUT2D eigenvalue weighted by Crippen LogP contribution is -2.49. The first-order valence-corrected chi connectivity index (χ1v) is 5.74. The van der Waals surface area contributed by atoms with E-state index >= 15 is 0 Å². The van der Waals surface area contributed by atoms with E-state index in [1.54, 1.807) is 0 Å². The molecule has 1 fully saturated rings. The zero-order chi connectivity index (χ0) is 10.9. The molecule has 1 aliphatic carbocycles. The first-order valence-electron chi connectivity index (χ1n) is 5.36. The smallest absolute Gasteiger partial charge is 0.0761 e. The Kier molecular flexibility index (Phi) is 3.01. The van der Waals surface area contributed by atoms with Crippen molar-refractivity contribution in [2.75, 3.05) is 0 Å². The number of rotatable bonds is 1. The van der Waals surface area contributed by atoms with Crippen molar-refractivity contribution in [3.05, 3.63) is 34.9 Å². The monoisotopic (exact) mass is 225 g/mol. The number of aliphatic hydroxyl groups is 1. The Labute approximate surface area is 95.1 Å². The van der Waals surface area contributed by atoms with Gasteiger partial charge >= 0.3 is 0 Å². The summed E-state index contributed by atoms with van der Waals surface area (Å²) in [6.45, 7) is 0. The average Bonchev–Trinajstić information content (AvgIpc) is 2.23. The van der Waals surface area contributed by atoms with Gasteiger partial charge in [0, 0.05) is 5.02 Å². The van der Waals surface area contributed by atoms with Crippen molar-refractivity contribution in [3.8, 4) is 0 Å². The van der Waals surface area contributed by atoms with Gasteiger partial charge in [-0.25, -0.2) is 0 Å². The molecule has 0 aromatic heterocycles. The van der Waals surface area contributed by atoms with E-state index in [2.05, 4.69) is 0 Å². The molecule has 1 aliphatic rings. The molecule has 0 aliphatic heterocycles. The molecule has 0 amide bonds. The van der Waals surface area contributed by atoms with Gasteiger partial charge in [0.05, 0.1) is 11.6 Å². The Morgan fingerprint density at radius 3 is 2.53 bits per heavy atom. The van der Waals surface area contributed by atoms with E-state index in [0.717, 1.165) is 31.2 Å². The van der Waals surface area contributed by atoms with Crippen LogP contribution in [0.15, 0.2) is 24.3 Å². The summed E-state index contributed by atoms with van der Waals surface area (Å²) >= 11 is 5.83. The Balaban J connectivity index is 2.30. The number of hydrogen-bond donors (Lipinski definition) is 2. The lowest BCUT2D eigenvalue weighted by molar-refractivity contribution is 0.0450. The van der Waals surface area contributed by atoms with Gasteiger partial charge in [-0.3, -0.25) is 0 Å². The van der Waals surface area contributed by atoms with Crippen molar-refractivity contribution >= 4 is 11.6 Å². The second-order valence-electron chi connectivity index (χ2n) is 4.31. The summed E-state index contributed by atoms with van der Waals surface area (Å²) in [5.41, 5.74) is 6.69. The molecule has 2 rings (SSSR count). The molecule has 0 spiro atoms. The lowest BCUT2D eigenvalue weighted by Gasteiger charge is -2.38. The molecular weight excluding hydrogens is 210 g/mol. The predicted molar refractivity (Wildman–Crippen MR) is 61.8 cm³/mol. The first kappa shape index (κ1) is 10.9. The van der Waals surface area contributed by atoms with Crippen molar-refractivity contribution < 1.29 is 5.11 Å². The Hall–Kier alpha value is -0.570. The van der Waals surface area contributed by atoms with Crippen LogP contribution in [0, 0.1) is 0 Å². The van der Waals surface area contributed by atoms with E-state index in [0.29, 0.717) is 5.02 Å². The Bertz CT molecular complexity index is 338. The molecule has 2 atom stereocenters. The highest BCUT2D eigenvalue weighted by Gasteiger charge is 2.37. The van der Waals surface area contributed by atoms with Crippen molar-refractivity contribution in [2.45, 2.75) is 37.3 Å². The lowest BCUT2D eigenvalue weighted by atomic mass is 9.75. The molecule has 82 valence electrons. The zero-order valence-electron chi connectivity index (χ0n) is 8.62. The van der Waals surface area contributed by atoms with Gasteiger partial charge in [0.2, 0.25) is 0 Å². The maximum Gasteiger partial charge on any atom is 0.0761 e. The minimum atomic E-state index is -0.581. The van der Waals surface area contributed by atoms with Gasteiger partial charge in [-0.2, -0.15) is 0 Å². The van der Waals surface area contributed by atoms with Gasteiger partial charge in [-0.05, 0) is 30.5 Å². The number of nitrogens with two attached hydrogens (primary N) is 1. The summed E-state index contributed by atoms with van der Waals surface area (Å²) in [5, 5.41) is 10.7. The maximum absolute atomic E-state index is 9.99. The predicted octanol–water partition coefficient (Wildman–Crippen LogP) is 2.43. The van der Waals surface area contributed by atoms with E-state index in [1.807, 2.05) is 24.3 Å². The molecule has 0 saturated heterocycles. The highest BCUT2D eigenvalue weighted by Crippen LogP contribution is 2.35. The minimum absolute atomic E-state index is 0.438. The molecule has 1 aromatic carbocycles. The summed E-state index contributed by atoms with van der Waals surface area (Å²) in [6.07, 6.45) is 3.34. The molecule has 1 saturated carbocycles. The molecule has 0 radical (unpaired) electrons. The van der Waals surface area contributed by atoms with Gasteiger partial charge < -0.3 is 10.8 Å². The number of hydrogen-bond acceptors (Lipinski definition) is 2. The molecule has 1 aromatic rings. The molecule has 3 heteroatoms. The van der Waals surface area contributed by atoms with Crippen LogP contribution in [0.25, 0.3) is 0 Å². The van der Waals surface area contributed by atoms with Gasteiger partial charge in [-0.15, -0.1) is 0 Å². The fraction of sp³-hybridized carbons (Fsp3) is 0.500. The quantitative estimate of drug-likeness (QED) is 0.771. The summed E-state index contributed by atoms with van der Waals surface area (Å²) in [6, 6.07) is 7.48. The summed E-state index contributed by atoms with van der Waals surface area (Å²) in [7, 11) is 0. The topological polar surface area (TPSA) is 46.2 Å². The van der Waals surface area contributed by atoms with Crippen molar-refractivity contribution in [1.29, 1.82) is 0 Å². The summed E-state index contributed by atoms with van der Waals surface area (Å²) in [5.74, 6) is 0. The van der Waals surface area contributed by atoms with E-state index in [4.69, 9.17) is 17.3 Å². The van der Waals surface area contributed by atoms with Gasteiger partial charge in [-0.1, -0.05) is 36.6 Å². The Morgan fingerprint density at radius 1 is 1.27 bits per heavy atom. The SMILES string of the molecule is NC1(c2ccc(Cl)cc2)CCCCC1O. The molecule has 0 bridgehead atoms. The Morgan fingerprint density at radius 2 is 1.93 bits per heavy atom. The van der Waals surface area contributed by atoms with Crippen molar-refractivity contribution in [1.82, 2.24) is 0 Å². The molecule has 0 heterocycles. The van der Waals surface area contributed by atoms with E-state index in [1.165, 1.54) is 0 Å². The fourth-order valence-corrected chi connectivity index (χ4v) is 2.40. The van der Waals surface area contributed by atoms with Crippen LogP contribution in [0.5, 0.6) is 0 Å². The standard InChI is InChI=1S/C12H16ClNO/c13-10-6-4-9(5-7-10)12(14)8-2-1-3-11(12)15/h4-7,11,15H,1-3,8,14H2. The maximum atomic E-state index is 9.99. The van der Waals surface area contributed by atoms with Crippen LogP contribution in [0.2, 0.25) is 5.02 Å². The van der Waals surface area contributed by atoms with E-state index in [-0.39, 0.29) is 0 Å². The first-order chi connectivity index (χ1) is 7.13. The zero-order valence-corrected chi connectivity index (χ0v) is 9.37. The van der Waals surface area contributed by atoms with Crippen LogP contribution in [0.1, 0.15) is 31.2 Å². The van der Waals surface area contributed by atoms with Crippen LogP contribution >= 0.6 is 11.6 Å². The normalized spacial score (nSPS) is 31.5. The highest BCUT2D eigenvalue weighted by atomic mass is 35.5. The molecule has 2 unspecified atom stereocenters. The van der Waals surface area contributed by atoms with E-state index in [9.17, 15) is 5.11 Å². The minimum Gasteiger partial charge on any atom is -0.391 e. The summed E-state index contributed by atoms with van der Waals surface area (Å²) in [4.78, 5) is 0. The van der Waals surface area contributed by atoms with Crippen LogP contribution < -0.4 is 5.73 Å². The molecule has 2 nitrogen and oxygen atoms in total. The fourth-order valence-electron chi connectivity index (χ4n) is 2.28. The van der Waals surface area contributed by atoms with Crippen molar-refractivity contribution in [3.63, 3.8) is 0 Å². The molecule has 15 heavy (non-hydrogen) atoms. The van der Waals surface area contributed by atoms with Crippen LogP contribution in [-0.2, 0) is 5.54 Å². The third-order valence-electron chi connectivity index (χ3n) is 3.29. The van der Waals surface area contributed by atoms with Gasteiger partial charge in [0.1, 0.15) is 0 Å².